The summed E-state index contributed by atoms with van der Waals surface area (Å²) in [6, 6.07) is 11.9. The highest BCUT2D eigenvalue weighted by Crippen LogP contribution is 2.29. The number of likely N-dealkylation sites (tertiary alicyclic amines) is 1. The standard InChI is InChI=1S/C29H34N6O5/c1-31-28(37)24(15-19-7-11-32-12-8-19)34-29(38)25-16-21(40-20-9-13-33-14-10-20)18-35(25)27(36)17-23(30)22-5-3-4-6-26(22)39-2/h3-14,21,23-25H,15-18,30H2,1-2H3,(H,31,37)(H,34,38)/t21-,23+,24+,25+/m1/s1. The van der Waals surface area contributed by atoms with Crippen LogP contribution in [0.1, 0.15) is 30.0 Å². The zero-order valence-electron chi connectivity index (χ0n) is 22.5. The Kier molecular flexibility index (Phi) is 9.63. The average Bonchev–Trinajstić information content (AvgIpc) is 3.41. The third-order valence-corrected chi connectivity index (χ3v) is 6.84. The lowest BCUT2D eigenvalue weighted by Gasteiger charge is -2.27. The van der Waals surface area contributed by atoms with E-state index in [1.54, 1.807) is 62.2 Å². The van der Waals surface area contributed by atoms with E-state index in [9.17, 15) is 14.4 Å². The number of methoxy groups -OCH3 is 1. The summed E-state index contributed by atoms with van der Waals surface area (Å²) in [6.45, 7) is 0.187. The van der Waals surface area contributed by atoms with E-state index in [4.69, 9.17) is 15.2 Å². The van der Waals surface area contributed by atoms with Crippen LogP contribution in [0.5, 0.6) is 11.5 Å². The van der Waals surface area contributed by atoms with Crippen LogP contribution in [0.15, 0.2) is 73.3 Å². The first-order valence-electron chi connectivity index (χ1n) is 13.0. The molecule has 0 aliphatic carbocycles. The van der Waals surface area contributed by atoms with Crippen molar-refractivity contribution in [1.29, 1.82) is 0 Å². The van der Waals surface area contributed by atoms with Gasteiger partial charge in [0.05, 0.1) is 13.7 Å². The molecule has 4 N–H and O–H groups in total. The first kappa shape index (κ1) is 28.5. The summed E-state index contributed by atoms with van der Waals surface area (Å²) >= 11 is 0. The molecular formula is C29H34N6O5. The van der Waals surface area contributed by atoms with Crippen LogP contribution in [0, 0.1) is 0 Å². The second-order valence-corrected chi connectivity index (χ2v) is 9.51. The van der Waals surface area contributed by atoms with Gasteiger partial charge in [-0.3, -0.25) is 24.4 Å². The maximum atomic E-state index is 13.6. The molecule has 1 saturated heterocycles. The molecule has 1 fully saturated rings. The number of ether oxygens (including phenoxy) is 2. The first-order valence-corrected chi connectivity index (χ1v) is 13.0. The Hall–Kier alpha value is -4.51. The highest BCUT2D eigenvalue weighted by Gasteiger charge is 2.42. The van der Waals surface area contributed by atoms with Crippen LogP contribution >= 0.6 is 0 Å². The molecule has 3 amide bonds. The zero-order chi connectivity index (χ0) is 28.5. The van der Waals surface area contributed by atoms with Crippen molar-refractivity contribution in [2.75, 3.05) is 20.7 Å². The van der Waals surface area contributed by atoms with Gasteiger partial charge >= 0.3 is 0 Å². The van der Waals surface area contributed by atoms with E-state index in [2.05, 4.69) is 20.6 Å². The molecule has 2 aromatic heterocycles. The molecular weight excluding hydrogens is 512 g/mol. The summed E-state index contributed by atoms with van der Waals surface area (Å²) in [5.41, 5.74) is 7.95. The summed E-state index contributed by atoms with van der Waals surface area (Å²) in [7, 11) is 3.06. The second-order valence-electron chi connectivity index (χ2n) is 9.51. The minimum absolute atomic E-state index is 0.0397. The van der Waals surface area contributed by atoms with Crippen molar-refractivity contribution in [3.63, 3.8) is 0 Å². The lowest BCUT2D eigenvalue weighted by Crippen LogP contribution is -2.53. The average molecular weight is 547 g/mol. The molecule has 4 rings (SSSR count). The number of hydrogen-bond acceptors (Lipinski definition) is 8. The van der Waals surface area contributed by atoms with Gasteiger partial charge in [-0.15, -0.1) is 0 Å². The van der Waals surface area contributed by atoms with E-state index >= 15 is 0 Å². The van der Waals surface area contributed by atoms with E-state index in [0.29, 0.717) is 17.1 Å². The normalized spacial score (nSPS) is 17.9. The fraction of sp³-hybridized carbons (Fsp3) is 0.345. The Morgan fingerprint density at radius 3 is 2.40 bits per heavy atom. The zero-order valence-corrected chi connectivity index (χ0v) is 22.5. The maximum absolute atomic E-state index is 13.6. The maximum Gasteiger partial charge on any atom is 0.243 e. The molecule has 1 aliphatic heterocycles. The van der Waals surface area contributed by atoms with Gasteiger partial charge in [-0.25, -0.2) is 0 Å². The van der Waals surface area contributed by atoms with Crippen LogP contribution in [-0.4, -0.2) is 71.5 Å². The summed E-state index contributed by atoms with van der Waals surface area (Å²) < 4.78 is 11.5. The Bertz CT molecular complexity index is 1290. The molecule has 0 spiro atoms. The van der Waals surface area contributed by atoms with Crippen LogP contribution < -0.4 is 25.8 Å². The van der Waals surface area contributed by atoms with Crippen LogP contribution in [0.2, 0.25) is 0 Å². The fourth-order valence-corrected chi connectivity index (χ4v) is 4.81. The summed E-state index contributed by atoms with van der Waals surface area (Å²) in [4.78, 5) is 49.4. The number of benzene rings is 1. The van der Waals surface area contributed by atoms with E-state index in [0.717, 1.165) is 5.56 Å². The molecule has 0 radical (unpaired) electrons. The fourth-order valence-electron chi connectivity index (χ4n) is 4.81. The highest BCUT2D eigenvalue weighted by atomic mass is 16.5. The predicted molar refractivity (Wildman–Crippen MR) is 147 cm³/mol. The predicted octanol–water partition coefficient (Wildman–Crippen LogP) is 1.40. The van der Waals surface area contributed by atoms with Gasteiger partial charge in [-0.1, -0.05) is 18.2 Å². The Morgan fingerprint density at radius 1 is 1.05 bits per heavy atom. The topological polar surface area (TPSA) is 149 Å². The van der Waals surface area contributed by atoms with Crippen molar-refractivity contribution in [3.05, 3.63) is 84.4 Å². The lowest BCUT2D eigenvalue weighted by atomic mass is 10.0. The van der Waals surface area contributed by atoms with Gasteiger partial charge in [-0.2, -0.15) is 0 Å². The van der Waals surface area contributed by atoms with E-state index in [-0.39, 0.29) is 37.6 Å². The molecule has 0 bridgehead atoms. The molecule has 1 aromatic carbocycles. The molecule has 1 aliphatic rings. The number of hydrogen-bond donors (Lipinski definition) is 3. The number of amides is 3. The number of aromatic nitrogens is 2. The van der Waals surface area contributed by atoms with Crippen LogP contribution in [0.3, 0.4) is 0 Å². The molecule has 3 heterocycles. The molecule has 4 atom stereocenters. The van der Waals surface area contributed by atoms with Crippen molar-refractivity contribution in [2.24, 2.45) is 5.73 Å². The number of pyridine rings is 2. The molecule has 11 nitrogen and oxygen atoms in total. The van der Waals surface area contributed by atoms with Crippen molar-refractivity contribution in [1.82, 2.24) is 25.5 Å². The number of likely N-dealkylation sites (N-methyl/N-ethyl adjacent to an activating group) is 1. The number of nitrogens with one attached hydrogen (secondary N) is 2. The van der Waals surface area contributed by atoms with Gasteiger partial charge in [0.15, 0.2) is 0 Å². The SMILES string of the molecule is CNC(=O)[C@H](Cc1ccncc1)NC(=O)[C@@H]1C[C@@H](Oc2ccncc2)CN1C(=O)C[C@H](N)c1ccccc1OC. The quantitative estimate of drug-likeness (QED) is 0.327. The Morgan fingerprint density at radius 2 is 1.73 bits per heavy atom. The van der Waals surface area contributed by atoms with Crippen molar-refractivity contribution in [3.8, 4) is 11.5 Å². The van der Waals surface area contributed by atoms with Gasteiger partial charge in [0.2, 0.25) is 17.7 Å². The van der Waals surface area contributed by atoms with Gasteiger partial charge in [0.25, 0.3) is 0 Å². The monoisotopic (exact) mass is 546 g/mol. The Labute approximate surface area is 233 Å². The number of para-hydroxylation sites is 1. The molecule has 210 valence electrons. The van der Waals surface area contributed by atoms with Crippen LogP contribution in [0.4, 0.5) is 0 Å². The number of nitrogens with zero attached hydrogens (tertiary/aromatic N) is 3. The van der Waals surface area contributed by atoms with Gasteiger partial charge in [0.1, 0.15) is 29.7 Å². The number of carbonyl (C=O) groups excluding carboxylic acids is 3. The molecule has 0 unspecified atom stereocenters. The van der Waals surface area contributed by atoms with Gasteiger partial charge in [0, 0.05) is 62.7 Å². The van der Waals surface area contributed by atoms with Gasteiger partial charge in [-0.05, 0) is 35.9 Å². The van der Waals surface area contributed by atoms with E-state index in [1.165, 1.54) is 11.9 Å². The smallest absolute Gasteiger partial charge is 0.243 e. The Balaban J connectivity index is 1.53. The summed E-state index contributed by atoms with van der Waals surface area (Å²) in [5.74, 6) is 0.0820. The van der Waals surface area contributed by atoms with Crippen LogP contribution in [-0.2, 0) is 20.8 Å². The number of nitrogens with two attached hydrogens (primary N) is 1. The van der Waals surface area contributed by atoms with Crippen molar-refractivity contribution in [2.45, 2.75) is 43.5 Å². The minimum Gasteiger partial charge on any atom is -0.496 e. The third-order valence-electron chi connectivity index (χ3n) is 6.84. The number of carbonyl (C=O) groups is 3. The summed E-state index contributed by atoms with van der Waals surface area (Å²) in [6.07, 6.45) is 6.51. The van der Waals surface area contributed by atoms with Crippen LogP contribution in [0.25, 0.3) is 0 Å². The molecule has 0 saturated carbocycles. The molecule has 40 heavy (non-hydrogen) atoms. The first-order chi connectivity index (χ1) is 19.4. The molecule has 11 heteroatoms. The van der Waals surface area contributed by atoms with Crippen molar-refractivity contribution < 1.29 is 23.9 Å². The third kappa shape index (κ3) is 7.11. The lowest BCUT2D eigenvalue weighted by molar-refractivity contribution is -0.139. The van der Waals surface area contributed by atoms with E-state index in [1.807, 2.05) is 18.2 Å². The number of rotatable bonds is 11. The largest absolute Gasteiger partial charge is 0.496 e. The second kappa shape index (κ2) is 13.5. The minimum atomic E-state index is -0.853. The van der Waals surface area contributed by atoms with Crippen molar-refractivity contribution >= 4 is 17.7 Å². The highest BCUT2D eigenvalue weighted by molar-refractivity contribution is 5.92. The van der Waals surface area contributed by atoms with E-state index < -0.39 is 30.1 Å². The van der Waals surface area contributed by atoms with Gasteiger partial charge < -0.3 is 30.7 Å². The molecule has 3 aromatic rings. The summed E-state index contributed by atoms with van der Waals surface area (Å²) in [5, 5.41) is 5.45.